The summed E-state index contributed by atoms with van der Waals surface area (Å²) in [5.41, 5.74) is -0.267. The van der Waals surface area contributed by atoms with Crippen LogP contribution in [0, 0.1) is 16.0 Å². The number of piperazine rings is 1. The van der Waals surface area contributed by atoms with E-state index in [1.165, 1.54) is 22.5 Å². The molecular formula is C16H23ClN4O5S. The van der Waals surface area contributed by atoms with Gasteiger partial charge in [0.1, 0.15) is 0 Å². The van der Waals surface area contributed by atoms with E-state index in [0.717, 1.165) is 19.2 Å². The van der Waals surface area contributed by atoms with Gasteiger partial charge in [-0.2, -0.15) is 4.31 Å². The summed E-state index contributed by atoms with van der Waals surface area (Å²) in [6, 6.07) is 5.03. The van der Waals surface area contributed by atoms with Crippen molar-refractivity contribution in [2.24, 2.45) is 5.92 Å². The van der Waals surface area contributed by atoms with Gasteiger partial charge >= 0.3 is 0 Å². The lowest BCUT2D eigenvalue weighted by molar-refractivity contribution is -0.385. The largest absolute Gasteiger partial charge is 0.340 e. The average Bonchev–Trinajstić information content (AvgIpc) is 2.68. The third-order valence-corrected chi connectivity index (χ3v) is 6.69. The van der Waals surface area contributed by atoms with E-state index in [4.69, 9.17) is 0 Å². The molecule has 0 spiro atoms. The van der Waals surface area contributed by atoms with Crippen LogP contribution in [0.3, 0.4) is 0 Å². The van der Waals surface area contributed by atoms with Crippen LogP contribution >= 0.6 is 12.4 Å². The van der Waals surface area contributed by atoms with E-state index in [9.17, 15) is 23.3 Å². The van der Waals surface area contributed by atoms with E-state index in [-0.39, 0.29) is 41.4 Å². The zero-order chi connectivity index (χ0) is 18.7. The lowest BCUT2D eigenvalue weighted by Gasteiger charge is -2.35. The number of non-ortho nitro benzene ring substituents is 1. The number of nitrogens with one attached hydrogen (secondary N) is 1. The number of sulfonamides is 1. The molecule has 150 valence electrons. The van der Waals surface area contributed by atoms with Crippen LogP contribution in [0.15, 0.2) is 29.2 Å². The molecule has 1 amide bonds. The van der Waals surface area contributed by atoms with E-state index in [0.29, 0.717) is 32.5 Å². The fourth-order valence-electron chi connectivity index (χ4n) is 3.41. The monoisotopic (exact) mass is 418 g/mol. The minimum absolute atomic E-state index is 0. The van der Waals surface area contributed by atoms with Gasteiger partial charge in [-0.05, 0) is 18.9 Å². The molecule has 2 heterocycles. The van der Waals surface area contributed by atoms with E-state index < -0.39 is 14.9 Å². The smallest absolute Gasteiger partial charge is 0.270 e. The molecule has 1 aromatic carbocycles. The molecule has 3 rings (SSSR count). The van der Waals surface area contributed by atoms with Crippen molar-refractivity contribution in [3.63, 3.8) is 0 Å². The Morgan fingerprint density at radius 2 is 1.93 bits per heavy atom. The molecule has 0 bridgehead atoms. The number of rotatable bonds is 4. The number of nitro groups is 1. The summed E-state index contributed by atoms with van der Waals surface area (Å²) in [5, 5.41) is 14.1. The highest BCUT2D eigenvalue weighted by Gasteiger charge is 2.35. The molecule has 0 radical (unpaired) electrons. The highest BCUT2D eigenvalue weighted by atomic mass is 35.5. The first-order valence-corrected chi connectivity index (χ1v) is 10.1. The number of halogens is 1. The molecule has 2 saturated heterocycles. The fraction of sp³-hybridized carbons (Fsp3) is 0.562. The Morgan fingerprint density at radius 1 is 1.22 bits per heavy atom. The highest BCUT2D eigenvalue weighted by Crippen LogP contribution is 2.26. The van der Waals surface area contributed by atoms with Crippen LogP contribution in [0.1, 0.15) is 12.8 Å². The Balaban J connectivity index is 0.00000261. The van der Waals surface area contributed by atoms with Crippen molar-refractivity contribution in [1.29, 1.82) is 0 Å². The van der Waals surface area contributed by atoms with Crippen molar-refractivity contribution >= 4 is 34.0 Å². The predicted octanol–water partition coefficient (Wildman–Crippen LogP) is 0.849. The van der Waals surface area contributed by atoms with Gasteiger partial charge in [0.2, 0.25) is 15.9 Å². The fourth-order valence-corrected chi connectivity index (χ4v) is 4.98. The predicted molar refractivity (Wildman–Crippen MR) is 101 cm³/mol. The zero-order valence-corrected chi connectivity index (χ0v) is 16.4. The lowest BCUT2D eigenvalue weighted by atomic mass is 9.98. The number of hydrogen-bond acceptors (Lipinski definition) is 6. The van der Waals surface area contributed by atoms with Gasteiger partial charge in [-0.3, -0.25) is 14.9 Å². The number of nitro benzene ring substituents is 1. The van der Waals surface area contributed by atoms with Crippen molar-refractivity contribution in [3.05, 3.63) is 34.4 Å². The van der Waals surface area contributed by atoms with Crippen molar-refractivity contribution in [1.82, 2.24) is 14.5 Å². The van der Waals surface area contributed by atoms with Gasteiger partial charge in [-0.15, -0.1) is 12.4 Å². The van der Waals surface area contributed by atoms with E-state index >= 15 is 0 Å². The molecule has 1 N–H and O–H groups in total. The maximum absolute atomic E-state index is 12.9. The third kappa shape index (κ3) is 4.75. The molecular weight excluding hydrogens is 396 g/mol. The topological polar surface area (TPSA) is 113 Å². The first kappa shape index (κ1) is 21.5. The average molecular weight is 419 g/mol. The van der Waals surface area contributed by atoms with Crippen LogP contribution < -0.4 is 5.32 Å². The molecule has 2 fully saturated rings. The molecule has 2 aliphatic rings. The van der Waals surface area contributed by atoms with E-state index in [1.54, 1.807) is 4.90 Å². The zero-order valence-electron chi connectivity index (χ0n) is 14.7. The van der Waals surface area contributed by atoms with Gasteiger partial charge in [0.25, 0.3) is 5.69 Å². The van der Waals surface area contributed by atoms with Gasteiger partial charge in [-0.1, -0.05) is 6.07 Å². The van der Waals surface area contributed by atoms with Crippen molar-refractivity contribution < 1.29 is 18.1 Å². The summed E-state index contributed by atoms with van der Waals surface area (Å²) in [6.45, 7) is 3.19. The first-order chi connectivity index (χ1) is 12.4. The van der Waals surface area contributed by atoms with Crippen LogP contribution in [-0.2, 0) is 14.8 Å². The molecule has 0 saturated carbocycles. The summed E-state index contributed by atoms with van der Waals surface area (Å²) in [5.74, 6) is -0.374. The normalized spacial score (nSPS) is 21.3. The van der Waals surface area contributed by atoms with E-state index in [1.807, 2.05) is 0 Å². The summed E-state index contributed by atoms with van der Waals surface area (Å²) >= 11 is 0. The number of carbonyl (C=O) groups is 1. The van der Waals surface area contributed by atoms with Crippen molar-refractivity contribution in [3.8, 4) is 0 Å². The molecule has 11 heteroatoms. The van der Waals surface area contributed by atoms with Gasteiger partial charge in [0, 0.05) is 51.4 Å². The SMILES string of the molecule is Cl.O=C(C1CCCN(S(=O)(=O)c2cccc([N+](=O)[O-])c2)C1)N1CCNCC1. The second-order valence-corrected chi connectivity index (χ2v) is 8.47. The molecule has 2 aliphatic heterocycles. The number of carbonyl (C=O) groups excluding carboxylic acids is 1. The molecule has 1 atom stereocenters. The Hall–Kier alpha value is -1.75. The lowest BCUT2D eigenvalue weighted by Crippen LogP contribution is -2.51. The minimum atomic E-state index is -3.87. The molecule has 1 unspecified atom stereocenters. The van der Waals surface area contributed by atoms with Gasteiger partial charge in [-0.25, -0.2) is 8.42 Å². The van der Waals surface area contributed by atoms with Crippen LogP contribution in [-0.4, -0.2) is 67.7 Å². The summed E-state index contributed by atoms with van der Waals surface area (Å²) in [6.07, 6.45) is 1.25. The van der Waals surface area contributed by atoms with Gasteiger partial charge in [0.05, 0.1) is 15.7 Å². The molecule has 0 aliphatic carbocycles. The van der Waals surface area contributed by atoms with Gasteiger partial charge in [0.15, 0.2) is 0 Å². The number of nitrogens with zero attached hydrogens (tertiary/aromatic N) is 3. The summed E-state index contributed by atoms with van der Waals surface area (Å²) in [4.78, 5) is 24.7. The van der Waals surface area contributed by atoms with Crippen molar-refractivity contribution in [2.75, 3.05) is 39.3 Å². The van der Waals surface area contributed by atoms with Crippen LogP contribution in [0.5, 0.6) is 0 Å². The summed E-state index contributed by atoms with van der Waals surface area (Å²) in [7, 11) is -3.87. The maximum Gasteiger partial charge on any atom is 0.270 e. The third-order valence-electron chi connectivity index (χ3n) is 4.83. The second-order valence-electron chi connectivity index (χ2n) is 6.53. The van der Waals surface area contributed by atoms with E-state index in [2.05, 4.69) is 5.32 Å². The van der Waals surface area contributed by atoms with Crippen LogP contribution in [0.25, 0.3) is 0 Å². The van der Waals surface area contributed by atoms with Crippen molar-refractivity contribution in [2.45, 2.75) is 17.7 Å². The number of hydrogen-bond donors (Lipinski definition) is 1. The molecule has 9 nitrogen and oxygen atoms in total. The molecule has 1 aromatic rings. The Kier molecular flexibility index (Phi) is 7.15. The van der Waals surface area contributed by atoms with Gasteiger partial charge < -0.3 is 10.2 Å². The number of amides is 1. The quantitative estimate of drug-likeness (QED) is 0.572. The Bertz CT molecular complexity index is 798. The second kappa shape index (κ2) is 8.96. The highest BCUT2D eigenvalue weighted by molar-refractivity contribution is 7.89. The molecule has 0 aromatic heterocycles. The maximum atomic E-state index is 12.9. The first-order valence-electron chi connectivity index (χ1n) is 8.64. The number of piperidine rings is 1. The van der Waals surface area contributed by atoms with Crippen LogP contribution in [0.2, 0.25) is 0 Å². The molecule has 27 heavy (non-hydrogen) atoms. The van der Waals surface area contributed by atoms with Crippen LogP contribution in [0.4, 0.5) is 5.69 Å². The minimum Gasteiger partial charge on any atom is -0.340 e. The number of benzene rings is 1. The summed E-state index contributed by atoms with van der Waals surface area (Å²) < 4.78 is 27.0. The standard InChI is InChI=1S/C16H22N4O5S.ClH/c21-16(18-9-6-17-7-10-18)13-3-2-8-19(12-13)26(24,25)15-5-1-4-14(11-15)20(22)23;/h1,4-5,11,13,17H,2-3,6-10,12H2;1H. The Labute approximate surface area is 164 Å². The Morgan fingerprint density at radius 3 is 2.59 bits per heavy atom.